The van der Waals surface area contributed by atoms with E-state index in [4.69, 9.17) is 11.6 Å². The second-order valence-corrected chi connectivity index (χ2v) is 5.92. The number of hydrogen-bond donors (Lipinski definition) is 1. The molecular weight excluding hydrogens is 310 g/mol. The first kappa shape index (κ1) is 15.6. The fourth-order valence-electron chi connectivity index (χ4n) is 2.66. The van der Waals surface area contributed by atoms with Crippen LogP contribution in [-0.2, 0) is 6.42 Å². The van der Waals surface area contributed by atoms with Gasteiger partial charge in [0.05, 0.1) is 5.69 Å². The number of rotatable bonds is 3. The highest BCUT2D eigenvalue weighted by atomic mass is 35.5. The molecule has 0 bridgehead atoms. The van der Waals surface area contributed by atoms with Crippen LogP contribution < -0.4 is 5.32 Å². The highest BCUT2D eigenvalue weighted by Gasteiger charge is 2.19. The molecule has 0 saturated heterocycles. The number of carbonyl (C=O) groups excluding carboxylic acids is 1. The van der Waals surface area contributed by atoms with Crippen molar-refractivity contribution in [1.82, 2.24) is 9.38 Å². The average molecular weight is 328 g/mol. The molecule has 3 rings (SSSR count). The minimum Gasteiger partial charge on any atom is -0.320 e. The summed E-state index contributed by atoms with van der Waals surface area (Å²) in [4.78, 5) is 17.4. The molecule has 0 fully saturated rings. The van der Waals surface area contributed by atoms with Gasteiger partial charge < -0.3 is 5.32 Å². The summed E-state index contributed by atoms with van der Waals surface area (Å²) < 4.78 is 1.85. The SMILES string of the molecule is CCc1nc2c(C)cccn2c1C(=O)Nc1cccc(Cl)c1C. The average Bonchev–Trinajstić information content (AvgIpc) is 2.92. The van der Waals surface area contributed by atoms with Crippen molar-refractivity contribution in [2.24, 2.45) is 0 Å². The van der Waals surface area contributed by atoms with Crippen molar-refractivity contribution in [2.45, 2.75) is 27.2 Å². The Labute approximate surface area is 140 Å². The monoisotopic (exact) mass is 327 g/mol. The van der Waals surface area contributed by atoms with Crippen LogP contribution in [0.1, 0.15) is 34.2 Å². The number of fused-ring (bicyclic) bond motifs is 1. The highest BCUT2D eigenvalue weighted by molar-refractivity contribution is 6.31. The zero-order valence-electron chi connectivity index (χ0n) is 13.4. The Morgan fingerprint density at radius 2 is 2.04 bits per heavy atom. The molecule has 2 heterocycles. The Bertz CT molecular complexity index is 899. The molecule has 5 heteroatoms. The maximum Gasteiger partial charge on any atom is 0.274 e. The second-order valence-electron chi connectivity index (χ2n) is 5.51. The maximum absolute atomic E-state index is 12.8. The van der Waals surface area contributed by atoms with Crippen LogP contribution in [0.5, 0.6) is 0 Å². The summed E-state index contributed by atoms with van der Waals surface area (Å²) in [6.07, 6.45) is 2.56. The lowest BCUT2D eigenvalue weighted by Crippen LogP contribution is -2.17. The molecule has 4 nitrogen and oxygen atoms in total. The number of halogens is 1. The van der Waals surface area contributed by atoms with Gasteiger partial charge in [-0.1, -0.05) is 30.7 Å². The van der Waals surface area contributed by atoms with E-state index >= 15 is 0 Å². The van der Waals surface area contributed by atoms with Gasteiger partial charge in [-0.25, -0.2) is 4.98 Å². The van der Waals surface area contributed by atoms with Gasteiger partial charge in [-0.2, -0.15) is 0 Å². The maximum atomic E-state index is 12.8. The first-order valence-corrected chi connectivity index (χ1v) is 7.93. The number of imidazole rings is 1. The topological polar surface area (TPSA) is 46.4 Å². The molecule has 0 aliphatic carbocycles. The van der Waals surface area contributed by atoms with Crippen molar-refractivity contribution in [1.29, 1.82) is 0 Å². The van der Waals surface area contributed by atoms with E-state index in [0.29, 0.717) is 22.8 Å². The van der Waals surface area contributed by atoms with Crippen LogP contribution in [0.2, 0.25) is 5.02 Å². The number of aromatic nitrogens is 2. The zero-order chi connectivity index (χ0) is 16.6. The Hall–Kier alpha value is -2.33. The van der Waals surface area contributed by atoms with Crippen molar-refractivity contribution in [3.63, 3.8) is 0 Å². The largest absolute Gasteiger partial charge is 0.320 e. The lowest BCUT2D eigenvalue weighted by molar-refractivity contribution is 0.102. The van der Waals surface area contributed by atoms with Crippen molar-refractivity contribution in [3.8, 4) is 0 Å². The molecule has 0 aliphatic heterocycles. The van der Waals surface area contributed by atoms with Gasteiger partial charge >= 0.3 is 0 Å². The van der Waals surface area contributed by atoms with Crippen molar-refractivity contribution >= 4 is 28.8 Å². The van der Waals surface area contributed by atoms with E-state index in [9.17, 15) is 4.79 Å². The molecule has 118 valence electrons. The van der Waals surface area contributed by atoms with E-state index in [0.717, 1.165) is 22.5 Å². The molecule has 1 aromatic carbocycles. The van der Waals surface area contributed by atoms with Crippen LogP contribution in [-0.4, -0.2) is 15.3 Å². The van der Waals surface area contributed by atoms with Gasteiger partial charge in [-0.15, -0.1) is 0 Å². The molecule has 0 unspecified atom stereocenters. The predicted molar refractivity (Wildman–Crippen MR) is 93.4 cm³/mol. The van der Waals surface area contributed by atoms with Crippen molar-refractivity contribution < 1.29 is 4.79 Å². The fourth-order valence-corrected chi connectivity index (χ4v) is 2.84. The van der Waals surface area contributed by atoms with Crippen LogP contribution in [0, 0.1) is 13.8 Å². The van der Waals surface area contributed by atoms with Gasteiger partial charge in [0.25, 0.3) is 5.91 Å². The molecule has 23 heavy (non-hydrogen) atoms. The van der Waals surface area contributed by atoms with Crippen LogP contribution in [0.4, 0.5) is 5.69 Å². The standard InChI is InChI=1S/C18H18ClN3O/c1-4-14-16(22-10-6-7-11(2)17(22)20-14)18(23)21-15-9-5-8-13(19)12(15)3/h5-10H,4H2,1-3H3,(H,21,23). The van der Waals surface area contributed by atoms with E-state index < -0.39 is 0 Å². The number of benzene rings is 1. The zero-order valence-corrected chi connectivity index (χ0v) is 14.1. The van der Waals surface area contributed by atoms with Crippen molar-refractivity contribution in [2.75, 3.05) is 5.32 Å². The number of anilines is 1. The Kier molecular flexibility index (Phi) is 4.09. The van der Waals surface area contributed by atoms with Gasteiger partial charge in [-0.3, -0.25) is 9.20 Å². The van der Waals surface area contributed by atoms with Gasteiger partial charge in [0.15, 0.2) is 0 Å². The molecule has 1 amide bonds. The smallest absolute Gasteiger partial charge is 0.274 e. The molecule has 0 radical (unpaired) electrons. The van der Waals surface area contributed by atoms with Gasteiger partial charge in [0.2, 0.25) is 0 Å². The summed E-state index contributed by atoms with van der Waals surface area (Å²) in [5.74, 6) is -0.176. The first-order chi connectivity index (χ1) is 11.0. The van der Waals surface area contributed by atoms with Crippen LogP contribution in [0.3, 0.4) is 0 Å². The van der Waals surface area contributed by atoms with E-state index in [1.807, 2.05) is 61.7 Å². The number of hydrogen-bond acceptors (Lipinski definition) is 2. The first-order valence-electron chi connectivity index (χ1n) is 7.56. The Morgan fingerprint density at radius 3 is 2.78 bits per heavy atom. The predicted octanol–water partition coefficient (Wildman–Crippen LogP) is 4.42. The third-order valence-electron chi connectivity index (χ3n) is 3.98. The number of carbonyl (C=O) groups is 1. The Balaban J connectivity index is 2.07. The minimum atomic E-state index is -0.176. The number of nitrogens with zero attached hydrogens (tertiary/aromatic N) is 2. The summed E-state index contributed by atoms with van der Waals surface area (Å²) >= 11 is 6.13. The summed E-state index contributed by atoms with van der Waals surface area (Å²) in [5.41, 5.74) is 4.79. The summed E-state index contributed by atoms with van der Waals surface area (Å²) in [6, 6.07) is 9.39. The summed E-state index contributed by atoms with van der Waals surface area (Å²) in [7, 11) is 0. The van der Waals surface area contributed by atoms with E-state index in [1.165, 1.54) is 0 Å². The lowest BCUT2D eigenvalue weighted by atomic mass is 10.2. The molecule has 0 saturated carbocycles. The molecule has 0 aliphatic rings. The highest BCUT2D eigenvalue weighted by Crippen LogP contribution is 2.24. The fraction of sp³-hybridized carbons (Fsp3) is 0.222. The number of nitrogens with one attached hydrogen (secondary N) is 1. The quantitative estimate of drug-likeness (QED) is 0.774. The minimum absolute atomic E-state index is 0.176. The summed E-state index contributed by atoms with van der Waals surface area (Å²) in [5, 5.41) is 3.59. The van der Waals surface area contributed by atoms with Crippen LogP contribution in [0.15, 0.2) is 36.5 Å². The number of pyridine rings is 1. The van der Waals surface area contributed by atoms with E-state index in [-0.39, 0.29) is 5.91 Å². The molecular formula is C18H18ClN3O. The van der Waals surface area contributed by atoms with E-state index in [1.54, 1.807) is 0 Å². The normalized spacial score (nSPS) is 11.0. The summed E-state index contributed by atoms with van der Waals surface area (Å²) in [6.45, 7) is 5.88. The Morgan fingerprint density at radius 1 is 1.26 bits per heavy atom. The molecule has 0 atom stereocenters. The van der Waals surface area contributed by atoms with Crippen LogP contribution in [0.25, 0.3) is 5.65 Å². The molecule has 0 spiro atoms. The molecule has 3 aromatic rings. The number of aryl methyl sites for hydroxylation is 2. The van der Waals surface area contributed by atoms with Crippen LogP contribution >= 0.6 is 11.6 Å². The molecule has 2 aromatic heterocycles. The number of amides is 1. The van der Waals surface area contributed by atoms with Gasteiger partial charge in [-0.05, 0) is 49.6 Å². The third-order valence-corrected chi connectivity index (χ3v) is 4.39. The lowest BCUT2D eigenvalue weighted by Gasteiger charge is -2.10. The van der Waals surface area contributed by atoms with Crippen molar-refractivity contribution in [3.05, 3.63) is 64.1 Å². The second kappa shape index (κ2) is 6.05. The van der Waals surface area contributed by atoms with E-state index in [2.05, 4.69) is 10.3 Å². The van der Waals surface area contributed by atoms with Gasteiger partial charge in [0, 0.05) is 16.9 Å². The molecule has 1 N–H and O–H groups in total. The third kappa shape index (κ3) is 2.70. The van der Waals surface area contributed by atoms with Gasteiger partial charge in [0.1, 0.15) is 11.3 Å².